The lowest BCUT2D eigenvalue weighted by molar-refractivity contribution is -0.150. The Morgan fingerprint density at radius 1 is 1.35 bits per heavy atom. The zero-order chi connectivity index (χ0) is 15.4. The largest absolute Gasteiger partial charge is 0.480 e. The number of hydrogen-bond donors (Lipinski definition) is 2. The molecule has 0 aliphatic carbocycles. The number of aliphatic carboxylic acids is 1. The average Bonchev–Trinajstić information content (AvgIpc) is 2.33. The Hall–Kier alpha value is -1.31. The molecule has 1 rings (SSSR count). The quantitative estimate of drug-likeness (QED) is 0.718. The number of carboxylic acid groups (broad SMARTS) is 1. The van der Waals surface area contributed by atoms with Gasteiger partial charge in [-0.1, -0.05) is 0 Å². The van der Waals surface area contributed by atoms with Gasteiger partial charge in [0.05, 0.1) is 5.75 Å². The average molecular weight is 306 g/mol. The molecule has 1 fully saturated rings. The molecule has 1 heterocycles. The summed E-state index contributed by atoms with van der Waals surface area (Å²) < 4.78 is 21.9. The molecule has 0 aromatic rings. The number of amides is 2. The molecule has 2 N–H and O–H groups in total. The number of nitrogens with one attached hydrogen (secondary N) is 1. The fourth-order valence-electron chi connectivity index (χ4n) is 2.29. The van der Waals surface area contributed by atoms with Crippen LogP contribution in [0.3, 0.4) is 0 Å². The second-order valence-electron chi connectivity index (χ2n) is 5.40. The first kappa shape index (κ1) is 16.7. The highest BCUT2D eigenvalue weighted by Crippen LogP contribution is 2.28. The van der Waals surface area contributed by atoms with E-state index >= 15 is 0 Å². The maximum Gasteiger partial charge on any atom is 0.329 e. The van der Waals surface area contributed by atoms with Crippen LogP contribution >= 0.6 is 0 Å². The van der Waals surface area contributed by atoms with Crippen LogP contribution < -0.4 is 5.32 Å². The highest BCUT2D eigenvalue weighted by molar-refractivity contribution is 7.90. The monoisotopic (exact) mass is 306 g/mol. The van der Waals surface area contributed by atoms with Crippen LogP contribution in [0.2, 0.25) is 0 Å². The normalized spacial score (nSPS) is 23.4. The van der Waals surface area contributed by atoms with E-state index in [0.717, 1.165) is 19.1 Å². The van der Waals surface area contributed by atoms with Crippen molar-refractivity contribution in [2.24, 2.45) is 0 Å². The van der Waals surface area contributed by atoms with Gasteiger partial charge in [0, 0.05) is 19.3 Å². The minimum atomic E-state index is -3.04. The molecule has 0 spiro atoms. The minimum Gasteiger partial charge on any atom is -0.480 e. The maximum atomic E-state index is 12.0. The lowest BCUT2D eigenvalue weighted by Gasteiger charge is -2.41. The number of carbonyl (C=O) groups excluding carboxylic acids is 1. The smallest absolute Gasteiger partial charge is 0.329 e. The van der Waals surface area contributed by atoms with E-state index in [2.05, 4.69) is 5.32 Å². The predicted molar refractivity (Wildman–Crippen MR) is 74.3 cm³/mol. The first-order valence-electron chi connectivity index (χ1n) is 6.63. The van der Waals surface area contributed by atoms with Gasteiger partial charge in [-0.05, 0) is 32.6 Å². The lowest BCUT2D eigenvalue weighted by atomic mass is 9.89. The van der Waals surface area contributed by atoms with Crippen LogP contribution in [-0.4, -0.2) is 61.1 Å². The third-order valence-electron chi connectivity index (χ3n) is 3.57. The molecule has 7 nitrogen and oxygen atoms in total. The first-order valence-corrected chi connectivity index (χ1v) is 8.69. The molecule has 0 radical (unpaired) electrons. The van der Waals surface area contributed by atoms with Crippen molar-refractivity contribution in [1.29, 1.82) is 0 Å². The molecule has 116 valence electrons. The number of nitrogens with zero attached hydrogens (tertiary/aromatic N) is 1. The number of urea groups is 1. The Labute approximate surface area is 119 Å². The Morgan fingerprint density at radius 3 is 2.55 bits per heavy atom. The summed E-state index contributed by atoms with van der Waals surface area (Å²) >= 11 is 0. The van der Waals surface area contributed by atoms with Crippen LogP contribution in [0.4, 0.5) is 4.79 Å². The summed E-state index contributed by atoms with van der Waals surface area (Å²) in [5.41, 5.74) is -1.18. The number of likely N-dealkylation sites (tertiary alicyclic amines) is 1. The van der Waals surface area contributed by atoms with E-state index in [1.165, 1.54) is 4.90 Å². The van der Waals surface area contributed by atoms with E-state index < -0.39 is 27.4 Å². The van der Waals surface area contributed by atoms with Crippen molar-refractivity contribution in [1.82, 2.24) is 10.2 Å². The number of rotatable bonds is 5. The van der Waals surface area contributed by atoms with Crippen molar-refractivity contribution in [2.45, 2.75) is 38.1 Å². The third-order valence-corrected chi connectivity index (χ3v) is 4.60. The molecule has 0 saturated carbocycles. The van der Waals surface area contributed by atoms with Gasteiger partial charge in [-0.25, -0.2) is 18.0 Å². The SMILES string of the molecule is CC1(C(=O)O)CCCCN1C(=O)NCCCS(C)(=O)=O. The summed E-state index contributed by atoms with van der Waals surface area (Å²) in [7, 11) is -3.04. The van der Waals surface area contributed by atoms with Crippen LogP contribution in [-0.2, 0) is 14.6 Å². The van der Waals surface area contributed by atoms with Gasteiger partial charge in [0.25, 0.3) is 0 Å². The molecule has 8 heteroatoms. The Balaban J connectivity index is 2.54. The molecule has 2 amide bonds. The van der Waals surface area contributed by atoms with Crippen molar-refractivity contribution < 1.29 is 23.1 Å². The predicted octanol–water partition coefficient (Wildman–Crippen LogP) is 0.460. The van der Waals surface area contributed by atoms with E-state index in [9.17, 15) is 23.1 Å². The molecular formula is C12H22N2O5S. The van der Waals surface area contributed by atoms with Gasteiger partial charge in [0.2, 0.25) is 0 Å². The van der Waals surface area contributed by atoms with Crippen LogP contribution in [0.25, 0.3) is 0 Å². The van der Waals surface area contributed by atoms with Crippen LogP contribution in [0.1, 0.15) is 32.6 Å². The van der Waals surface area contributed by atoms with Crippen molar-refractivity contribution in [2.75, 3.05) is 25.1 Å². The fourth-order valence-corrected chi connectivity index (χ4v) is 2.96. The Morgan fingerprint density at radius 2 is 2.00 bits per heavy atom. The molecular weight excluding hydrogens is 284 g/mol. The van der Waals surface area contributed by atoms with Crippen LogP contribution in [0, 0.1) is 0 Å². The standard InChI is InChI=1S/C12H22N2O5S/c1-12(10(15)16)6-3-4-8-14(12)11(17)13-7-5-9-20(2,18)19/h3-9H2,1-2H3,(H,13,17)(H,15,16). The lowest BCUT2D eigenvalue weighted by Crippen LogP contribution is -2.60. The summed E-state index contributed by atoms with van der Waals surface area (Å²) in [5.74, 6) is -1.01. The van der Waals surface area contributed by atoms with Gasteiger partial charge in [0.15, 0.2) is 0 Å². The van der Waals surface area contributed by atoms with E-state index in [0.29, 0.717) is 19.4 Å². The number of carboxylic acids is 1. The first-order chi connectivity index (χ1) is 9.17. The molecule has 0 bridgehead atoms. The highest BCUT2D eigenvalue weighted by atomic mass is 32.2. The van der Waals surface area contributed by atoms with Crippen LogP contribution in [0.15, 0.2) is 0 Å². The van der Waals surface area contributed by atoms with Gasteiger partial charge in [-0.3, -0.25) is 0 Å². The zero-order valence-electron chi connectivity index (χ0n) is 11.9. The van der Waals surface area contributed by atoms with Crippen molar-refractivity contribution in [3.05, 3.63) is 0 Å². The van der Waals surface area contributed by atoms with Crippen molar-refractivity contribution in [3.8, 4) is 0 Å². The second kappa shape index (κ2) is 6.43. The van der Waals surface area contributed by atoms with E-state index in [1.54, 1.807) is 6.92 Å². The van der Waals surface area contributed by atoms with Gasteiger partial charge in [-0.15, -0.1) is 0 Å². The van der Waals surface area contributed by atoms with E-state index in [-0.39, 0.29) is 12.3 Å². The Kier molecular flexibility index (Phi) is 5.38. The number of piperidine rings is 1. The highest BCUT2D eigenvalue weighted by Gasteiger charge is 2.43. The van der Waals surface area contributed by atoms with Gasteiger partial charge >= 0.3 is 12.0 Å². The minimum absolute atomic E-state index is 0.00345. The summed E-state index contributed by atoms with van der Waals surface area (Å²) in [6.07, 6.45) is 3.45. The molecule has 0 aromatic carbocycles. The summed E-state index contributed by atoms with van der Waals surface area (Å²) in [4.78, 5) is 24.7. The molecule has 1 saturated heterocycles. The molecule has 20 heavy (non-hydrogen) atoms. The Bertz CT molecular complexity index is 476. The molecule has 1 atom stereocenters. The van der Waals surface area contributed by atoms with Crippen LogP contribution in [0.5, 0.6) is 0 Å². The van der Waals surface area contributed by atoms with Gasteiger partial charge < -0.3 is 15.3 Å². The van der Waals surface area contributed by atoms with Crippen molar-refractivity contribution in [3.63, 3.8) is 0 Å². The molecule has 1 aliphatic rings. The number of hydrogen-bond acceptors (Lipinski definition) is 4. The molecule has 1 unspecified atom stereocenters. The summed E-state index contributed by atoms with van der Waals surface area (Å²) in [6.45, 7) is 2.17. The zero-order valence-corrected chi connectivity index (χ0v) is 12.7. The fraction of sp³-hybridized carbons (Fsp3) is 0.833. The van der Waals surface area contributed by atoms with Crippen molar-refractivity contribution >= 4 is 21.8 Å². The molecule has 0 aromatic heterocycles. The van der Waals surface area contributed by atoms with Gasteiger partial charge in [-0.2, -0.15) is 0 Å². The molecule has 1 aliphatic heterocycles. The number of carbonyl (C=O) groups is 2. The summed E-state index contributed by atoms with van der Waals surface area (Å²) in [6, 6.07) is -0.442. The van der Waals surface area contributed by atoms with Gasteiger partial charge in [0.1, 0.15) is 15.4 Å². The maximum absolute atomic E-state index is 12.0. The van der Waals surface area contributed by atoms with E-state index in [4.69, 9.17) is 0 Å². The number of sulfone groups is 1. The second-order valence-corrected chi connectivity index (χ2v) is 7.66. The van der Waals surface area contributed by atoms with E-state index in [1.807, 2.05) is 0 Å². The summed E-state index contributed by atoms with van der Waals surface area (Å²) in [5, 5.41) is 11.9. The third kappa shape index (κ3) is 4.36. The topological polar surface area (TPSA) is 104 Å².